The van der Waals surface area contributed by atoms with Crippen LogP contribution in [0.1, 0.15) is 29.5 Å². The van der Waals surface area contributed by atoms with Crippen LogP contribution in [0.4, 0.5) is 0 Å². The van der Waals surface area contributed by atoms with Crippen molar-refractivity contribution in [1.29, 1.82) is 0 Å². The minimum Gasteiger partial charge on any atom is -0.486 e. The van der Waals surface area contributed by atoms with Gasteiger partial charge in [-0.25, -0.2) is 9.67 Å². The van der Waals surface area contributed by atoms with Crippen molar-refractivity contribution in [2.24, 2.45) is 0 Å². The number of hydrogen-bond donors (Lipinski definition) is 0. The second kappa shape index (κ2) is 5.95. The van der Waals surface area contributed by atoms with Crippen LogP contribution < -0.4 is 4.74 Å². The number of rotatable bonds is 6. The van der Waals surface area contributed by atoms with E-state index in [4.69, 9.17) is 4.74 Å². The molecular weight excluding hydrogens is 230 g/mol. The Morgan fingerprint density at radius 3 is 3.11 bits per heavy atom. The molecule has 1 aromatic carbocycles. The van der Waals surface area contributed by atoms with E-state index < -0.39 is 0 Å². The predicted octanol–water partition coefficient (Wildman–Crippen LogP) is 2.08. The summed E-state index contributed by atoms with van der Waals surface area (Å²) in [5.74, 6) is 1.44. The Balaban J connectivity index is 2.01. The van der Waals surface area contributed by atoms with Crippen molar-refractivity contribution in [3.8, 4) is 5.75 Å². The summed E-state index contributed by atoms with van der Waals surface area (Å²) in [6, 6.07) is 7.04. The fraction of sp³-hybridized carbons (Fsp3) is 0.308. The SMILES string of the molecule is CCCn1ncnc1COc1cccc(C=O)c1. The van der Waals surface area contributed by atoms with Gasteiger partial charge in [0, 0.05) is 12.1 Å². The Hall–Kier alpha value is -2.17. The van der Waals surface area contributed by atoms with E-state index in [1.807, 2.05) is 10.7 Å². The third kappa shape index (κ3) is 2.94. The van der Waals surface area contributed by atoms with Crippen molar-refractivity contribution in [2.75, 3.05) is 0 Å². The number of benzene rings is 1. The normalized spacial score (nSPS) is 10.3. The number of carbonyl (C=O) groups is 1. The van der Waals surface area contributed by atoms with Crippen molar-refractivity contribution in [3.63, 3.8) is 0 Å². The first-order valence-corrected chi connectivity index (χ1v) is 5.88. The predicted molar refractivity (Wildman–Crippen MR) is 66.5 cm³/mol. The molecule has 94 valence electrons. The van der Waals surface area contributed by atoms with Gasteiger partial charge in [0.2, 0.25) is 0 Å². The van der Waals surface area contributed by atoms with Crippen LogP contribution in [-0.4, -0.2) is 21.1 Å². The van der Waals surface area contributed by atoms with Gasteiger partial charge in [-0.05, 0) is 18.6 Å². The lowest BCUT2D eigenvalue weighted by atomic mass is 10.2. The van der Waals surface area contributed by atoms with E-state index in [1.165, 1.54) is 6.33 Å². The topological polar surface area (TPSA) is 57.0 Å². The fourth-order valence-electron chi connectivity index (χ4n) is 1.62. The van der Waals surface area contributed by atoms with E-state index in [0.29, 0.717) is 17.9 Å². The molecule has 0 spiro atoms. The third-order valence-corrected chi connectivity index (χ3v) is 2.49. The molecule has 0 saturated carbocycles. The lowest BCUT2D eigenvalue weighted by molar-refractivity contribution is 0.112. The van der Waals surface area contributed by atoms with Crippen LogP contribution in [0.25, 0.3) is 0 Å². The Kier molecular flexibility index (Phi) is 4.06. The van der Waals surface area contributed by atoms with Gasteiger partial charge in [-0.15, -0.1) is 0 Å². The van der Waals surface area contributed by atoms with E-state index in [0.717, 1.165) is 25.1 Å². The van der Waals surface area contributed by atoms with Crippen LogP contribution in [0.3, 0.4) is 0 Å². The van der Waals surface area contributed by atoms with Crippen molar-refractivity contribution in [3.05, 3.63) is 42.0 Å². The Morgan fingerprint density at radius 2 is 2.33 bits per heavy atom. The van der Waals surface area contributed by atoms with Gasteiger partial charge in [0.05, 0.1) is 0 Å². The maximum absolute atomic E-state index is 10.6. The quantitative estimate of drug-likeness (QED) is 0.731. The zero-order chi connectivity index (χ0) is 12.8. The van der Waals surface area contributed by atoms with E-state index in [9.17, 15) is 4.79 Å². The molecule has 5 nitrogen and oxygen atoms in total. The standard InChI is InChI=1S/C13H15N3O2/c1-2-6-16-13(14-10-15-16)9-18-12-5-3-4-11(7-12)8-17/h3-5,7-8,10H,2,6,9H2,1H3. The number of aldehydes is 1. The molecule has 0 amide bonds. The van der Waals surface area contributed by atoms with E-state index in [1.54, 1.807) is 18.2 Å². The Morgan fingerprint density at radius 1 is 1.44 bits per heavy atom. The summed E-state index contributed by atoms with van der Waals surface area (Å²) >= 11 is 0. The summed E-state index contributed by atoms with van der Waals surface area (Å²) in [7, 11) is 0. The van der Waals surface area contributed by atoms with Crippen molar-refractivity contribution >= 4 is 6.29 Å². The molecular formula is C13H15N3O2. The summed E-state index contributed by atoms with van der Waals surface area (Å²) in [4.78, 5) is 14.8. The summed E-state index contributed by atoms with van der Waals surface area (Å²) in [6.07, 6.45) is 3.32. The Bertz CT molecular complexity index is 522. The smallest absolute Gasteiger partial charge is 0.164 e. The lowest BCUT2D eigenvalue weighted by Crippen LogP contribution is -2.08. The highest BCUT2D eigenvalue weighted by molar-refractivity contribution is 5.75. The second-order valence-corrected chi connectivity index (χ2v) is 3.88. The molecule has 0 aliphatic carbocycles. The average molecular weight is 245 g/mol. The van der Waals surface area contributed by atoms with Gasteiger partial charge >= 0.3 is 0 Å². The molecule has 1 aromatic heterocycles. The van der Waals surface area contributed by atoms with Crippen LogP contribution in [-0.2, 0) is 13.2 Å². The van der Waals surface area contributed by atoms with Crippen LogP contribution in [0, 0.1) is 0 Å². The van der Waals surface area contributed by atoms with Crippen LogP contribution in [0.2, 0.25) is 0 Å². The number of hydrogen-bond acceptors (Lipinski definition) is 4. The molecule has 0 radical (unpaired) electrons. The first-order chi connectivity index (χ1) is 8.83. The van der Waals surface area contributed by atoms with Crippen LogP contribution in [0.15, 0.2) is 30.6 Å². The minimum atomic E-state index is 0.350. The van der Waals surface area contributed by atoms with Gasteiger partial charge in [-0.1, -0.05) is 19.1 Å². The molecule has 0 saturated heterocycles. The van der Waals surface area contributed by atoms with Gasteiger partial charge in [-0.3, -0.25) is 4.79 Å². The summed E-state index contributed by atoms with van der Waals surface area (Å²) < 4.78 is 7.42. The molecule has 2 aromatic rings. The largest absolute Gasteiger partial charge is 0.486 e. The number of aromatic nitrogens is 3. The van der Waals surface area contributed by atoms with Gasteiger partial charge in [-0.2, -0.15) is 5.10 Å². The van der Waals surface area contributed by atoms with Crippen LogP contribution >= 0.6 is 0 Å². The van der Waals surface area contributed by atoms with Gasteiger partial charge in [0.1, 0.15) is 25.0 Å². The zero-order valence-corrected chi connectivity index (χ0v) is 10.2. The van der Waals surface area contributed by atoms with E-state index in [2.05, 4.69) is 17.0 Å². The fourth-order valence-corrected chi connectivity index (χ4v) is 1.62. The summed E-state index contributed by atoms with van der Waals surface area (Å²) in [6.45, 7) is 3.26. The third-order valence-electron chi connectivity index (χ3n) is 2.49. The highest BCUT2D eigenvalue weighted by Gasteiger charge is 2.04. The molecule has 2 rings (SSSR count). The molecule has 0 aliphatic heterocycles. The van der Waals surface area contributed by atoms with Crippen LogP contribution in [0.5, 0.6) is 5.75 Å². The van der Waals surface area contributed by atoms with Gasteiger partial charge in [0.25, 0.3) is 0 Å². The molecule has 0 bridgehead atoms. The highest BCUT2D eigenvalue weighted by atomic mass is 16.5. The molecule has 0 unspecified atom stereocenters. The van der Waals surface area contributed by atoms with E-state index in [-0.39, 0.29) is 0 Å². The molecule has 18 heavy (non-hydrogen) atoms. The molecule has 0 atom stereocenters. The summed E-state index contributed by atoms with van der Waals surface area (Å²) in [5.41, 5.74) is 0.600. The van der Waals surface area contributed by atoms with Crippen molar-refractivity contribution in [2.45, 2.75) is 26.5 Å². The first kappa shape index (κ1) is 12.3. The first-order valence-electron chi connectivity index (χ1n) is 5.88. The molecule has 0 aliphatic rings. The minimum absolute atomic E-state index is 0.350. The van der Waals surface area contributed by atoms with Gasteiger partial charge in [0.15, 0.2) is 5.82 Å². The number of aryl methyl sites for hydroxylation is 1. The summed E-state index contributed by atoms with van der Waals surface area (Å²) in [5, 5.41) is 4.12. The Labute approximate surface area is 105 Å². The molecule has 0 fully saturated rings. The zero-order valence-electron chi connectivity index (χ0n) is 10.2. The number of ether oxygens (including phenoxy) is 1. The maximum Gasteiger partial charge on any atom is 0.164 e. The number of nitrogens with zero attached hydrogens (tertiary/aromatic N) is 3. The average Bonchev–Trinajstić information content (AvgIpc) is 2.85. The molecule has 0 N–H and O–H groups in total. The maximum atomic E-state index is 10.6. The number of carbonyl (C=O) groups excluding carboxylic acids is 1. The molecule has 5 heteroatoms. The van der Waals surface area contributed by atoms with Gasteiger partial charge < -0.3 is 4.74 Å². The van der Waals surface area contributed by atoms with Crippen molar-refractivity contribution < 1.29 is 9.53 Å². The monoisotopic (exact) mass is 245 g/mol. The van der Waals surface area contributed by atoms with Crippen molar-refractivity contribution in [1.82, 2.24) is 14.8 Å². The molecule has 1 heterocycles. The van der Waals surface area contributed by atoms with E-state index >= 15 is 0 Å². The lowest BCUT2D eigenvalue weighted by Gasteiger charge is -2.07. The second-order valence-electron chi connectivity index (χ2n) is 3.88. The highest BCUT2D eigenvalue weighted by Crippen LogP contribution is 2.13.